The van der Waals surface area contributed by atoms with Crippen LogP contribution in [0, 0.1) is 19.8 Å². The molecule has 4 nitrogen and oxygen atoms in total. The van der Waals surface area contributed by atoms with Crippen LogP contribution in [-0.4, -0.2) is 33.9 Å². The Hall–Kier alpha value is -3.01. The van der Waals surface area contributed by atoms with Gasteiger partial charge >= 0.3 is 0 Å². The van der Waals surface area contributed by atoms with Crippen molar-refractivity contribution < 1.29 is 4.79 Å². The minimum Gasteiger partial charge on any atom is -0.338 e. The van der Waals surface area contributed by atoms with Gasteiger partial charge in [0, 0.05) is 36.5 Å². The van der Waals surface area contributed by atoms with E-state index in [-0.39, 0.29) is 11.9 Å². The zero-order chi connectivity index (χ0) is 21.7. The fourth-order valence-corrected chi connectivity index (χ4v) is 4.04. The molecule has 156 valence electrons. The summed E-state index contributed by atoms with van der Waals surface area (Å²) in [5, 5.41) is 0. The molecule has 3 aromatic rings. The summed E-state index contributed by atoms with van der Waals surface area (Å²) in [6, 6.07) is 20.0. The summed E-state index contributed by atoms with van der Waals surface area (Å²) in [5.41, 5.74) is 4.73. The maximum Gasteiger partial charge on any atom is 0.254 e. The molecule has 3 rings (SSSR count). The van der Waals surface area contributed by atoms with Gasteiger partial charge in [-0.3, -0.25) is 4.79 Å². The summed E-state index contributed by atoms with van der Waals surface area (Å²) in [4.78, 5) is 24.5. The second kappa shape index (κ2) is 9.66. The summed E-state index contributed by atoms with van der Waals surface area (Å²) in [6.07, 6.45) is 1.58. The molecule has 0 bridgehead atoms. The van der Waals surface area contributed by atoms with Crippen molar-refractivity contribution >= 4 is 5.91 Å². The zero-order valence-electron chi connectivity index (χ0n) is 18.6. The predicted molar refractivity (Wildman–Crippen MR) is 122 cm³/mol. The number of hydrogen-bond acceptors (Lipinski definition) is 3. The Labute approximate surface area is 180 Å². The van der Waals surface area contributed by atoms with E-state index in [4.69, 9.17) is 0 Å². The molecule has 1 atom stereocenters. The van der Waals surface area contributed by atoms with Gasteiger partial charge in [-0.05, 0) is 49.4 Å². The lowest BCUT2D eigenvalue weighted by Gasteiger charge is -2.32. The quantitative estimate of drug-likeness (QED) is 0.526. The number of amides is 1. The Morgan fingerprint density at radius 1 is 0.933 bits per heavy atom. The largest absolute Gasteiger partial charge is 0.338 e. The molecule has 0 fully saturated rings. The third-order valence-electron chi connectivity index (χ3n) is 5.52. The SMILES string of the molecule is Cc1cc(C)nc(CC[C@H](C(C)C)N(C)C(=O)c2ccccc2-c2ccccc2)n1. The Bertz CT molecular complexity index is 978. The number of nitrogens with zero attached hydrogens (tertiary/aromatic N) is 3. The van der Waals surface area contributed by atoms with Gasteiger partial charge in [-0.15, -0.1) is 0 Å². The predicted octanol–water partition coefficient (Wildman–Crippen LogP) is 5.49. The van der Waals surface area contributed by atoms with E-state index >= 15 is 0 Å². The summed E-state index contributed by atoms with van der Waals surface area (Å²) in [5.74, 6) is 1.23. The topological polar surface area (TPSA) is 46.1 Å². The molecule has 0 radical (unpaired) electrons. The molecular weight excluding hydrogens is 370 g/mol. The lowest BCUT2D eigenvalue weighted by atomic mass is 9.94. The molecule has 0 saturated heterocycles. The van der Waals surface area contributed by atoms with Crippen molar-refractivity contribution in [3.63, 3.8) is 0 Å². The van der Waals surface area contributed by atoms with Crippen molar-refractivity contribution in [1.29, 1.82) is 0 Å². The van der Waals surface area contributed by atoms with Crippen LogP contribution in [0.2, 0.25) is 0 Å². The smallest absolute Gasteiger partial charge is 0.254 e. The Morgan fingerprint density at radius 2 is 1.53 bits per heavy atom. The number of carbonyl (C=O) groups excluding carboxylic acids is 1. The number of rotatable bonds is 7. The summed E-state index contributed by atoms with van der Waals surface area (Å²) in [7, 11) is 1.91. The fraction of sp³-hybridized carbons (Fsp3) is 0.346. The molecule has 2 aromatic carbocycles. The average molecular weight is 402 g/mol. The van der Waals surface area contributed by atoms with Crippen LogP contribution in [0.25, 0.3) is 11.1 Å². The van der Waals surface area contributed by atoms with E-state index in [1.54, 1.807) is 0 Å². The molecule has 0 spiro atoms. The zero-order valence-corrected chi connectivity index (χ0v) is 18.6. The number of aryl methyl sites for hydroxylation is 3. The van der Waals surface area contributed by atoms with Crippen molar-refractivity contribution in [2.75, 3.05) is 7.05 Å². The normalized spacial score (nSPS) is 12.1. The number of carbonyl (C=O) groups is 1. The molecule has 0 unspecified atom stereocenters. The van der Waals surface area contributed by atoms with Gasteiger partial charge in [-0.25, -0.2) is 9.97 Å². The molecule has 1 amide bonds. The minimum atomic E-state index is 0.0505. The van der Waals surface area contributed by atoms with Crippen LogP contribution in [0.1, 0.15) is 47.8 Å². The third-order valence-corrected chi connectivity index (χ3v) is 5.52. The second-order valence-corrected chi connectivity index (χ2v) is 8.24. The van der Waals surface area contributed by atoms with Crippen molar-refractivity contribution in [2.24, 2.45) is 5.92 Å². The Kier molecular flexibility index (Phi) is 6.99. The van der Waals surface area contributed by atoms with Crippen LogP contribution in [0.5, 0.6) is 0 Å². The standard InChI is InChI=1S/C26H31N3O/c1-18(2)24(15-16-25-27-19(3)17-20(4)28-25)29(5)26(30)23-14-10-9-13-22(23)21-11-7-6-8-12-21/h6-14,17-18,24H,15-16H2,1-5H3/t24-/m1/s1. The molecule has 0 aliphatic carbocycles. The van der Waals surface area contributed by atoms with Gasteiger partial charge in [-0.1, -0.05) is 62.4 Å². The van der Waals surface area contributed by atoms with Crippen molar-refractivity contribution in [1.82, 2.24) is 14.9 Å². The van der Waals surface area contributed by atoms with E-state index in [0.717, 1.165) is 46.7 Å². The van der Waals surface area contributed by atoms with Crippen LogP contribution in [0.15, 0.2) is 60.7 Å². The average Bonchev–Trinajstić information content (AvgIpc) is 2.73. The van der Waals surface area contributed by atoms with E-state index in [2.05, 4.69) is 23.8 Å². The van der Waals surface area contributed by atoms with Crippen LogP contribution in [0.4, 0.5) is 0 Å². The van der Waals surface area contributed by atoms with Crippen LogP contribution >= 0.6 is 0 Å². The maximum atomic E-state index is 13.5. The van der Waals surface area contributed by atoms with Crippen molar-refractivity contribution in [3.05, 3.63) is 83.4 Å². The van der Waals surface area contributed by atoms with E-state index < -0.39 is 0 Å². The van der Waals surface area contributed by atoms with Crippen LogP contribution < -0.4 is 0 Å². The molecule has 0 aliphatic heterocycles. The first kappa shape index (κ1) is 21.7. The monoisotopic (exact) mass is 401 g/mol. The number of benzene rings is 2. The fourth-order valence-electron chi connectivity index (χ4n) is 4.04. The second-order valence-electron chi connectivity index (χ2n) is 8.24. The van der Waals surface area contributed by atoms with Gasteiger partial charge in [0.25, 0.3) is 5.91 Å². The minimum absolute atomic E-state index is 0.0505. The van der Waals surface area contributed by atoms with Gasteiger partial charge in [0.15, 0.2) is 0 Å². The molecule has 0 saturated carbocycles. The number of hydrogen-bond donors (Lipinski definition) is 0. The highest BCUT2D eigenvalue weighted by Gasteiger charge is 2.25. The van der Waals surface area contributed by atoms with Crippen molar-refractivity contribution in [3.8, 4) is 11.1 Å². The van der Waals surface area contributed by atoms with Gasteiger partial charge in [0.1, 0.15) is 5.82 Å². The van der Waals surface area contributed by atoms with Gasteiger partial charge in [0.2, 0.25) is 0 Å². The molecule has 0 N–H and O–H groups in total. The molecule has 1 heterocycles. The van der Waals surface area contributed by atoms with E-state index in [0.29, 0.717) is 5.92 Å². The van der Waals surface area contributed by atoms with E-state index in [1.165, 1.54) is 0 Å². The maximum absolute atomic E-state index is 13.5. The first-order valence-electron chi connectivity index (χ1n) is 10.6. The molecule has 0 aliphatic rings. The highest BCUT2D eigenvalue weighted by atomic mass is 16.2. The lowest BCUT2D eigenvalue weighted by Crippen LogP contribution is -2.41. The lowest BCUT2D eigenvalue weighted by molar-refractivity contribution is 0.0679. The first-order chi connectivity index (χ1) is 14.4. The van der Waals surface area contributed by atoms with Crippen molar-refractivity contribution in [2.45, 2.75) is 46.6 Å². The molecule has 30 heavy (non-hydrogen) atoms. The molecular formula is C26H31N3O. The highest BCUT2D eigenvalue weighted by molar-refractivity contribution is 6.00. The van der Waals surface area contributed by atoms with Gasteiger partial charge in [-0.2, -0.15) is 0 Å². The first-order valence-corrected chi connectivity index (χ1v) is 10.6. The third kappa shape index (κ3) is 5.12. The Morgan fingerprint density at radius 3 is 2.17 bits per heavy atom. The summed E-state index contributed by atoms with van der Waals surface area (Å²) < 4.78 is 0. The van der Waals surface area contributed by atoms with Crippen LogP contribution in [-0.2, 0) is 6.42 Å². The number of aromatic nitrogens is 2. The highest BCUT2D eigenvalue weighted by Crippen LogP contribution is 2.26. The summed E-state index contributed by atoms with van der Waals surface area (Å²) >= 11 is 0. The Balaban J connectivity index is 1.82. The van der Waals surface area contributed by atoms with E-state index in [1.807, 2.05) is 86.5 Å². The van der Waals surface area contributed by atoms with E-state index in [9.17, 15) is 4.79 Å². The van der Waals surface area contributed by atoms with Gasteiger partial charge in [0.05, 0.1) is 0 Å². The van der Waals surface area contributed by atoms with Crippen LogP contribution in [0.3, 0.4) is 0 Å². The molecule has 1 aromatic heterocycles. The molecule has 4 heteroatoms. The van der Waals surface area contributed by atoms with Gasteiger partial charge < -0.3 is 4.90 Å². The summed E-state index contributed by atoms with van der Waals surface area (Å²) in [6.45, 7) is 8.32.